The summed E-state index contributed by atoms with van der Waals surface area (Å²) in [6.07, 6.45) is 3.72. The van der Waals surface area contributed by atoms with Gasteiger partial charge < -0.3 is 24.9 Å². The van der Waals surface area contributed by atoms with Crippen molar-refractivity contribution in [3.63, 3.8) is 0 Å². The molecule has 220 valence electrons. The summed E-state index contributed by atoms with van der Waals surface area (Å²) in [6, 6.07) is 9.55. The van der Waals surface area contributed by atoms with Crippen molar-refractivity contribution in [2.75, 3.05) is 39.9 Å². The van der Waals surface area contributed by atoms with Crippen LogP contribution in [-0.2, 0) is 24.8 Å². The number of hydrogen-bond acceptors (Lipinski definition) is 10. The van der Waals surface area contributed by atoms with Crippen LogP contribution in [0.5, 0.6) is 5.75 Å². The molecule has 0 amide bonds. The van der Waals surface area contributed by atoms with Crippen LogP contribution < -0.4 is 14.8 Å². The molecule has 15 heteroatoms. The molecule has 0 saturated carbocycles. The summed E-state index contributed by atoms with van der Waals surface area (Å²) in [5.41, 5.74) is 0.356. The van der Waals surface area contributed by atoms with Gasteiger partial charge in [-0.25, -0.2) is 26.5 Å². The minimum absolute atomic E-state index is 0.0125. The number of H-pyrrole nitrogens is 1. The number of rotatable bonds is 10. The highest BCUT2D eigenvalue weighted by molar-refractivity contribution is 7.89. The van der Waals surface area contributed by atoms with E-state index in [1.165, 1.54) is 41.9 Å². The molecule has 2 aliphatic rings. The number of nitrogens with zero attached hydrogens (tertiary/aromatic N) is 3. The van der Waals surface area contributed by atoms with Gasteiger partial charge in [0.1, 0.15) is 35.1 Å². The predicted molar refractivity (Wildman–Crippen MR) is 148 cm³/mol. The molecular weight excluding hydrogens is 572 g/mol. The van der Waals surface area contributed by atoms with Gasteiger partial charge in [0, 0.05) is 49.5 Å². The Hall–Kier alpha value is -3.10. The lowest BCUT2D eigenvalue weighted by Crippen LogP contribution is -2.47. The third kappa shape index (κ3) is 6.24. The van der Waals surface area contributed by atoms with Crippen LogP contribution in [0.1, 0.15) is 24.8 Å². The van der Waals surface area contributed by atoms with E-state index in [0.717, 1.165) is 0 Å². The van der Waals surface area contributed by atoms with Crippen molar-refractivity contribution in [2.24, 2.45) is 0 Å². The fourth-order valence-electron chi connectivity index (χ4n) is 5.23. The van der Waals surface area contributed by atoms with E-state index in [-0.39, 0.29) is 29.0 Å². The second kappa shape index (κ2) is 11.6. The largest absolute Gasteiger partial charge is 0.491 e. The minimum atomic E-state index is -3.79. The number of aliphatic hydroxyl groups excluding tert-OH is 1. The van der Waals surface area contributed by atoms with E-state index in [9.17, 15) is 27.2 Å². The lowest BCUT2D eigenvalue weighted by Gasteiger charge is -2.38. The summed E-state index contributed by atoms with van der Waals surface area (Å²) in [7, 11) is -6.06. The normalized spacial score (nSPS) is 20.3. The van der Waals surface area contributed by atoms with Gasteiger partial charge in [-0.15, -0.1) is 0 Å². The van der Waals surface area contributed by atoms with Gasteiger partial charge in [0.2, 0.25) is 20.0 Å². The molecule has 2 fully saturated rings. The number of sulfonamides is 2. The number of aromatic nitrogens is 2. The molecule has 0 radical (unpaired) electrons. The van der Waals surface area contributed by atoms with Crippen LogP contribution in [0.4, 0.5) is 0 Å². The van der Waals surface area contributed by atoms with Crippen molar-refractivity contribution in [1.29, 1.82) is 5.26 Å². The number of nitriles is 1. The van der Waals surface area contributed by atoms with Crippen molar-refractivity contribution in [3.8, 4) is 11.8 Å². The third-order valence-corrected chi connectivity index (χ3v) is 10.9. The van der Waals surface area contributed by atoms with Crippen LogP contribution in [0.3, 0.4) is 0 Å². The number of benzene rings is 1. The van der Waals surface area contributed by atoms with E-state index >= 15 is 0 Å². The molecular formula is C26H32N6O7S2. The Bertz CT molecular complexity index is 1660. The van der Waals surface area contributed by atoms with Gasteiger partial charge >= 0.3 is 0 Å². The van der Waals surface area contributed by atoms with E-state index in [1.807, 2.05) is 6.07 Å². The molecule has 3 aromatic rings. The predicted octanol–water partition coefficient (Wildman–Crippen LogP) is 0.684. The average molecular weight is 605 g/mol. The summed E-state index contributed by atoms with van der Waals surface area (Å²) in [5.74, 6) is 0.333. The van der Waals surface area contributed by atoms with E-state index in [4.69, 9.17) is 9.47 Å². The van der Waals surface area contributed by atoms with Crippen LogP contribution >= 0.6 is 0 Å². The number of aliphatic hydroxyl groups is 1. The Morgan fingerprint density at radius 3 is 2.78 bits per heavy atom. The van der Waals surface area contributed by atoms with Gasteiger partial charge in [0.15, 0.2) is 0 Å². The third-order valence-electron chi connectivity index (χ3n) is 7.58. The zero-order valence-electron chi connectivity index (χ0n) is 22.4. The standard InChI is InChI=1S/C26H32N6O7S2/c1-28-40(34,35)22-4-2-3-21(9-22)38-17-20(33)14-29-19-11-26(39-16-19)5-7-32(8-6-26)41(36,37)23-10-24-18(12-27)13-30-25(24)31-15-23/h2-4,9-10,13,15,19-20,28-29,33H,5-8,11,14,16-17H2,1H3,(H,30,31)/t19-,20+/m1/s1. The average Bonchev–Trinajstić information content (AvgIpc) is 3.58. The molecule has 4 N–H and O–H groups in total. The molecule has 1 aromatic carbocycles. The van der Waals surface area contributed by atoms with Gasteiger partial charge in [0.25, 0.3) is 0 Å². The van der Waals surface area contributed by atoms with Crippen molar-refractivity contribution >= 4 is 31.1 Å². The number of aromatic amines is 1. The molecule has 13 nitrogen and oxygen atoms in total. The van der Waals surface area contributed by atoms with Gasteiger partial charge in [-0.3, -0.25) is 0 Å². The van der Waals surface area contributed by atoms with E-state index < -0.39 is 31.8 Å². The molecule has 2 atom stereocenters. The zero-order valence-corrected chi connectivity index (χ0v) is 24.0. The Labute approximate surface area is 238 Å². The molecule has 2 saturated heterocycles. The Morgan fingerprint density at radius 2 is 2.05 bits per heavy atom. The van der Waals surface area contributed by atoms with Crippen molar-refractivity contribution in [2.45, 2.75) is 46.8 Å². The molecule has 4 heterocycles. The van der Waals surface area contributed by atoms with E-state index in [0.29, 0.717) is 61.3 Å². The second-order valence-electron chi connectivity index (χ2n) is 10.2. The minimum Gasteiger partial charge on any atom is -0.491 e. The topological polar surface area (TPSA) is 187 Å². The Kier molecular flexibility index (Phi) is 8.35. The monoisotopic (exact) mass is 604 g/mol. The number of nitrogens with one attached hydrogen (secondary N) is 3. The first kappa shape index (κ1) is 29.4. The Morgan fingerprint density at radius 1 is 1.27 bits per heavy atom. The maximum absolute atomic E-state index is 13.3. The molecule has 41 heavy (non-hydrogen) atoms. The first-order chi connectivity index (χ1) is 19.5. The summed E-state index contributed by atoms with van der Waals surface area (Å²) in [4.78, 5) is 7.16. The van der Waals surface area contributed by atoms with Crippen molar-refractivity contribution < 1.29 is 31.4 Å². The van der Waals surface area contributed by atoms with Crippen LogP contribution in [-0.4, -0.2) is 93.9 Å². The molecule has 2 aliphatic heterocycles. The SMILES string of the molecule is CNS(=O)(=O)c1cccc(OC[C@@H](O)CN[C@H]2COC3(CCN(S(=O)(=O)c4cnc5[nH]cc(C#N)c5c4)CC3)C2)c1. The molecule has 1 spiro atoms. The fraction of sp³-hybridized carbons (Fsp3) is 0.462. The number of hydrogen-bond donors (Lipinski definition) is 4. The van der Waals surface area contributed by atoms with Crippen LogP contribution in [0, 0.1) is 11.3 Å². The Balaban J connectivity index is 1.10. The maximum atomic E-state index is 13.3. The number of piperidine rings is 1. The van der Waals surface area contributed by atoms with E-state index in [1.54, 1.807) is 12.1 Å². The molecule has 2 aromatic heterocycles. The van der Waals surface area contributed by atoms with Crippen molar-refractivity contribution in [1.82, 2.24) is 24.3 Å². The van der Waals surface area contributed by atoms with Gasteiger partial charge in [-0.05, 0) is 44.5 Å². The molecule has 0 unspecified atom stereocenters. The second-order valence-corrected chi connectivity index (χ2v) is 14.1. The number of ether oxygens (including phenoxy) is 2. The smallest absolute Gasteiger partial charge is 0.244 e. The highest BCUT2D eigenvalue weighted by Gasteiger charge is 2.44. The summed E-state index contributed by atoms with van der Waals surface area (Å²) in [6.45, 7) is 1.25. The lowest BCUT2D eigenvalue weighted by atomic mass is 9.88. The number of fused-ring (bicyclic) bond motifs is 1. The fourth-order valence-corrected chi connectivity index (χ4v) is 7.41. The van der Waals surface area contributed by atoms with Gasteiger partial charge in [-0.1, -0.05) is 6.07 Å². The molecule has 0 bridgehead atoms. The number of pyridine rings is 1. The first-order valence-electron chi connectivity index (χ1n) is 13.1. The lowest BCUT2D eigenvalue weighted by molar-refractivity contribution is -0.0312. The summed E-state index contributed by atoms with van der Waals surface area (Å²) in [5, 5.41) is 23.4. The summed E-state index contributed by atoms with van der Waals surface area (Å²) < 4.78 is 66.0. The molecule has 5 rings (SSSR count). The zero-order chi connectivity index (χ0) is 29.3. The highest BCUT2D eigenvalue weighted by atomic mass is 32.2. The van der Waals surface area contributed by atoms with Crippen LogP contribution in [0.2, 0.25) is 0 Å². The quantitative estimate of drug-likeness (QED) is 0.256. The highest BCUT2D eigenvalue weighted by Crippen LogP contribution is 2.37. The summed E-state index contributed by atoms with van der Waals surface area (Å²) >= 11 is 0. The van der Waals surface area contributed by atoms with Gasteiger partial charge in [0.05, 0.1) is 22.7 Å². The van der Waals surface area contributed by atoms with Crippen LogP contribution in [0.25, 0.3) is 11.0 Å². The first-order valence-corrected chi connectivity index (χ1v) is 16.1. The van der Waals surface area contributed by atoms with Gasteiger partial charge in [-0.2, -0.15) is 9.57 Å². The maximum Gasteiger partial charge on any atom is 0.244 e. The van der Waals surface area contributed by atoms with Crippen molar-refractivity contribution in [3.05, 3.63) is 48.3 Å². The van der Waals surface area contributed by atoms with E-state index in [2.05, 4.69) is 20.0 Å². The van der Waals surface area contributed by atoms with Crippen LogP contribution in [0.15, 0.2) is 52.5 Å². The molecule has 0 aliphatic carbocycles.